The first-order chi connectivity index (χ1) is 8.74. The van der Waals surface area contributed by atoms with E-state index >= 15 is 0 Å². The predicted octanol–water partition coefficient (Wildman–Crippen LogP) is 2.47. The third kappa shape index (κ3) is 3.21. The van der Waals surface area contributed by atoms with Gasteiger partial charge in [0.2, 0.25) is 5.91 Å². The first kappa shape index (κ1) is 14.2. The van der Waals surface area contributed by atoms with E-state index in [1.807, 2.05) is 18.7 Å². The third-order valence-corrected chi connectivity index (χ3v) is 4.95. The van der Waals surface area contributed by atoms with Gasteiger partial charge in [0.05, 0.1) is 12.2 Å². The molecule has 0 bridgehead atoms. The van der Waals surface area contributed by atoms with Gasteiger partial charge in [0, 0.05) is 6.54 Å². The first-order valence-corrected chi connectivity index (χ1v) is 8.69. The van der Waals surface area contributed by atoms with Crippen LogP contribution in [0.25, 0.3) is 0 Å². The summed E-state index contributed by atoms with van der Waals surface area (Å²) in [5.74, 6) is 2.22. The summed E-state index contributed by atoms with van der Waals surface area (Å²) in [4.78, 5) is 14.3. The van der Waals surface area contributed by atoms with Crippen LogP contribution in [0.4, 0.5) is 0 Å². The fourth-order valence-electron chi connectivity index (χ4n) is 3.24. The number of rotatable bonds is 6. The van der Waals surface area contributed by atoms with Gasteiger partial charge in [0.25, 0.3) is 0 Å². The highest BCUT2D eigenvalue weighted by molar-refractivity contribution is 7.98. The van der Waals surface area contributed by atoms with E-state index in [2.05, 4.69) is 16.5 Å². The Morgan fingerprint density at radius 1 is 1.33 bits per heavy atom. The van der Waals surface area contributed by atoms with Crippen LogP contribution in [-0.4, -0.2) is 41.6 Å². The van der Waals surface area contributed by atoms with Crippen LogP contribution >= 0.6 is 11.8 Å². The molecule has 0 aromatic rings. The molecule has 0 radical (unpaired) electrons. The van der Waals surface area contributed by atoms with Gasteiger partial charge in [-0.2, -0.15) is 11.8 Å². The molecule has 4 heteroatoms. The van der Waals surface area contributed by atoms with Crippen molar-refractivity contribution in [1.82, 2.24) is 10.2 Å². The van der Waals surface area contributed by atoms with Crippen LogP contribution in [0.2, 0.25) is 0 Å². The molecule has 0 aromatic carbocycles. The van der Waals surface area contributed by atoms with Gasteiger partial charge in [0.15, 0.2) is 0 Å². The zero-order valence-corrected chi connectivity index (χ0v) is 12.5. The topological polar surface area (TPSA) is 32.3 Å². The molecule has 0 spiro atoms. The van der Waals surface area contributed by atoms with Crippen LogP contribution < -0.4 is 5.32 Å². The third-order valence-electron chi connectivity index (χ3n) is 4.25. The molecule has 1 saturated heterocycles. The second kappa shape index (κ2) is 6.80. The number of carbonyl (C=O) groups excluding carboxylic acids is 1. The second-order valence-electron chi connectivity index (χ2n) is 5.61. The van der Waals surface area contributed by atoms with Gasteiger partial charge in [-0.15, -0.1) is 0 Å². The van der Waals surface area contributed by atoms with Crippen molar-refractivity contribution in [3.8, 4) is 0 Å². The Bertz CT molecular complexity index is 279. The molecule has 3 nitrogen and oxygen atoms in total. The zero-order valence-electron chi connectivity index (χ0n) is 11.7. The summed E-state index contributed by atoms with van der Waals surface area (Å²) < 4.78 is 0. The molecule has 2 aliphatic rings. The van der Waals surface area contributed by atoms with Crippen LogP contribution in [0.1, 0.15) is 45.4 Å². The molecule has 2 unspecified atom stereocenters. The molecule has 1 N–H and O–H groups in total. The van der Waals surface area contributed by atoms with Crippen molar-refractivity contribution >= 4 is 17.7 Å². The highest BCUT2D eigenvalue weighted by atomic mass is 32.2. The normalized spacial score (nSPS) is 29.4. The van der Waals surface area contributed by atoms with Crippen LogP contribution in [0.5, 0.6) is 0 Å². The lowest BCUT2D eigenvalue weighted by molar-refractivity contribution is -0.130. The average Bonchev–Trinajstić information content (AvgIpc) is 2.97. The standard InChI is InChI=1S/C14H26N2OS/c1-11-14(17)16(9-5-6-10-18-2)13(15-11)12-7-3-4-8-12/h11-13,15H,3-10H2,1-2H3. The number of thioether (sulfide) groups is 1. The highest BCUT2D eigenvalue weighted by Crippen LogP contribution is 2.32. The average molecular weight is 270 g/mol. The quantitative estimate of drug-likeness (QED) is 0.753. The Kier molecular flexibility index (Phi) is 5.37. The predicted molar refractivity (Wildman–Crippen MR) is 77.7 cm³/mol. The van der Waals surface area contributed by atoms with Gasteiger partial charge in [0.1, 0.15) is 0 Å². The zero-order chi connectivity index (χ0) is 13.0. The Balaban J connectivity index is 1.88. The molecule has 2 fully saturated rings. The Labute approximate surface area is 115 Å². The lowest BCUT2D eigenvalue weighted by Crippen LogP contribution is -2.43. The SMILES string of the molecule is CSCCCCN1C(=O)C(C)NC1C1CCCC1. The van der Waals surface area contributed by atoms with Crippen LogP contribution in [0.15, 0.2) is 0 Å². The smallest absolute Gasteiger partial charge is 0.240 e. The molecule has 1 aliphatic heterocycles. The summed E-state index contributed by atoms with van der Waals surface area (Å²) in [5.41, 5.74) is 0. The van der Waals surface area contributed by atoms with Gasteiger partial charge in [-0.1, -0.05) is 12.8 Å². The minimum atomic E-state index is 0.0242. The molecule has 1 saturated carbocycles. The number of amides is 1. The molecule has 104 valence electrons. The summed E-state index contributed by atoms with van der Waals surface area (Å²) in [6.07, 6.45) is 10.1. The van der Waals surface area contributed by atoms with Crippen LogP contribution in [-0.2, 0) is 4.79 Å². The number of nitrogens with one attached hydrogen (secondary N) is 1. The van der Waals surface area contributed by atoms with E-state index in [9.17, 15) is 4.79 Å². The number of hydrogen-bond acceptors (Lipinski definition) is 3. The minimum Gasteiger partial charge on any atom is -0.326 e. The molecule has 2 rings (SSSR count). The molecule has 1 amide bonds. The maximum atomic E-state index is 12.2. The Morgan fingerprint density at radius 2 is 2.06 bits per heavy atom. The van der Waals surface area contributed by atoms with Crippen molar-refractivity contribution in [3.63, 3.8) is 0 Å². The summed E-state index contributed by atoms with van der Waals surface area (Å²) >= 11 is 1.89. The number of nitrogens with zero attached hydrogens (tertiary/aromatic N) is 1. The van der Waals surface area contributed by atoms with Gasteiger partial charge in [-0.3, -0.25) is 10.1 Å². The van der Waals surface area contributed by atoms with E-state index < -0.39 is 0 Å². The molecular weight excluding hydrogens is 244 g/mol. The van der Waals surface area contributed by atoms with Crippen LogP contribution in [0, 0.1) is 5.92 Å². The fraction of sp³-hybridized carbons (Fsp3) is 0.929. The fourth-order valence-corrected chi connectivity index (χ4v) is 3.74. The number of hydrogen-bond donors (Lipinski definition) is 1. The van der Waals surface area contributed by atoms with Crippen molar-refractivity contribution in [2.75, 3.05) is 18.6 Å². The number of unbranched alkanes of at least 4 members (excludes halogenated alkanes) is 1. The Hall–Kier alpha value is -0.220. The van der Waals surface area contributed by atoms with E-state index in [0.717, 1.165) is 13.0 Å². The number of carbonyl (C=O) groups is 1. The van der Waals surface area contributed by atoms with Gasteiger partial charge >= 0.3 is 0 Å². The summed E-state index contributed by atoms with van der Waals surface area (Å²) in [5, 5.41) is 3.51. The first-order valence-electron chi connectivity index (χ1n) is 7.29. The van der Waals surface area contributed by atoms with Crippen molar-refractivity contribution in [2.45, 2.75) is 57.7 Å². The van der Waals surface area contributed by atoms with Crippen molar-refractivity contribution in [3.05, 3.63) is 0 Å². The minimum absolute atomic E-state index is 0.0242. The summed E-state index contributed by atoms with van der Waals surface area (Å²) in [6, 6.07) is 0.0242. The monoisotopic (exact) mass is 270 g/mol. The second-order valence-corrected chi connectivity index (χ2v) is 6.59. The Morgan fingerprint density at radius 3 is 2.72 bits per heavy atom. The van der Waals surface area contributed by atoms with Crippen molar-refractivity contribution in [2.24, 2.45) is 5.92 Å². The summed E-state index contributed by atoms with van der Waals surface area (Å²) in [6.45, 7) is 2.95. The van der Waals surface area contributed by atoms with E-state index in [4.69, 9.17) is 0 Å². The van der Waals surface area contributed by atoms with Crippen molar-refractivity contribution in [1.29, 1.82) is 0 Å². The summed E-state index contributed by atoms with van der Waals surface area (Å²) in [7, 11) is 0. The van der Waals surface area contributed by atoms with Crippen LogP contribution in [0.3, 0.4) is 0 Å². The van der Waals surface area contributed by atoms with Gasteiger partial charge in [-0.25, -0.2) is 0 Å². The maximum Gasteiger partial charge on any atom is 0.240 e. The molecule has 18 heavy (non-hydrogen) atoms. The molecular formula is C14H26N2OS. The van der Waals surface area contributed by atoms with E-state index in [0.29, 0.717) is 18.0 Å². The molecule has 1 aliphatic carbocycles. The highest BCUT2D eigenvalue weighted by Gasteiger charge is 2.40. The molecule has 1 heterocycles. The van der Waals surface area contributed by atoms with Gasteiger partial charge < -0.3 is 4.90 Å². The van der Waals surface area contributed by atoms with E-state index in [1.54, 1.807) is 0 Å². The van der Waals surface area contributed by atoms with E-state index in [-0.39, 0.29) is 6.04 Å². The molecule has 2 atom stereocenters. The van der Waals surface area contributed by atoms with E-state index in [1.165, 1.54) is 37.9 Å². The maximum absolute atomic E-state index is 12.2. The lowest BCUT2D eigenvalue weighted by atomic mass is 10.0. The van der Waals surface area contributed by atoms with Gasteiger partial charge in [-0.05, 0) is 50.5 Å². The lowest BCUT2D eigenvalue weighted by Gasteiger charge is -2.29. The molecule has 0 aromatic heterocycles. The van der Waals surface area contributed by atoms with Crippen molar-refractivity contribution < 1.29 is 4.79 Å². The largest absolute Gasteiger partial charge is 0.326 e.